The molecule has 0 saturated carbocycles. The highest BCUT2D eigenvalue weighted by atomic mass is 35.5. The quantitative estimate of drug-likeness (QED) is 0.635. The van der Waals surface area contributed by atoms with Crippen LogP contribution in [0.2, 0.25) is 0 Å². The molecule has 7 heteroatoms. The number of benzene rings is 1. The van der Waals surface area contributed by atoms with Crippen molar-refractivity contribution >= 4 is 22.2 Å². The zero-order valence-corrected chi connectivity index (χ0v) is 18.5. The van der Waals surface area contributed by atoms with E-state index in [2.05, 4.69) is 23.7 Å². The van der Waals surface area contributed by atoms with Crippen molar-refractivity contribution in [2.75, 3.05) is 13.1 Å². The number of halogens is 1. The van der Waals surface area contributed by atoms with E-state index in [1.54, 1.807) is 30.5 Å². The van der Waals surface area contributed by atoms with Crippen LogP contribution >= 0.6 is 12.4 Å². The number of hydrogen-bond acceptors (Lipinski definition) is 5. The lowest BCUT2D eigenvalue weighted by molar-refractivity contribution is 0.166. The van der Waals surface area contributed by atoms with Crippen LogP contribution < -0.4 is 0 Å². The largest absolute Gasteiger partial charge is 0.448 e. The number of aryl methyl sites for hydroxylation is 1. The highest BCUT2D eigenvalue weighted by Crippen LogP contribution is 2.32. The van der Waals surface area contributed by atoms with Gasteiger partial charge in [0.05, 0.1) is 10.6 Å². The Kier molecular flexibility index (Phi) is 8.10. The molecule has 28 heavy (non-hydrogen) atoms. The molecule has 2 aromatic rings. The molecule has 2 heterocycles. The fourth-order valence-corrected chi connectivity index (χ4v) is 5.69. The van der Waals surface area contributed by atoms with Crippen molar-refractivity contribution in [2.24, 2.45) is 5.92 Å². The first-order chi connectivity index (χ1) is 12.9. The molecule has 1 aromatic heterocycles. The fraction of sp³-hybridized carbons (Fsp3) is 0.571. The molecule has 0 radical (unpaired) electrons. The van der Waals surface area contributed by atoms with E-state index >= 15 is 0 Å². The molecule has 5 nitrogen and oxygen atoms in total. The van der Waals surface area contributed by atoms with Gasteiger partial charge in [-0.2, -0.15) is 0 Å². The number of hydrogen-bond donors (Lipinski definition) is 0. The predicted octanol–water partition coefficient (Wildman–Crippen LogP) is 4.82. The third-order valence-electron chi connectivity index (χ3n) is 5.27. The van der Waals surface area contributed by atoms with Gasteiger partial charge in [-0.15, -0.1) is 12.4 Å². The summed E-state index contributed by atoms with van der Waals surface area (Å²) in [5, 5.41) is -0.499. The van der Waals surface area contributed by atoms with Crippen LogP contribution in [0.1, 0.15) is 57.0 Å². The van der Waals surface area contributed by atoms with Crippen molar-refractivity contribution in [3.63, 3.8) is 0 Å². The number of aromatic nitrogens is 1. The van der Waals surface area contributed by atoms with E-state index in [0.29, 0.717) is 23.8 Å². The number of likely N-dealkylation sites (tertiary alicyclic amines) is 1. The highest BCUT2D eigenvalue weighted by Gasteiger charge is 2.36. The van der Waals surface area contributed by atoms with Gasteiger partial charge in [0.25, 0.3) is 0 Å². The van der Waals surface area contributed by atoms with Gasteiger partial charge in [0.1, 0.15) is 11.6 Å². The monoisotopic (exact) mass is 426 g/mol. The van der Waals surface area contributed by atoms with Crippen LogP contribution in [0, 0.1) is 12.8 Å². The molecule has 1 saturated heterocycles. The van der Waals surface area contributed by atoms with Gasteiger partial charge >= 0.3 is 0 Å². The Morgan fingerprint density at radius 3 is 2.54 bits per heavy atom. The van der Waals surface area contributed by atoms with Gasteiger partial charge in [0.2, 0.25) is 0 Å². The number of oxazole rings is 1. The van der Waals surface area contributed by atoms with Gasteiger partial charge in [0, 0.05) is 12.5 Å². The average molecular weight is 427 g/mol. The number of piperidine rings is 1. The van der Waals surface area contributed by atoms with Crippen molar-refractivity contribution in [3.05, 3.63) is 48.2 Å². The summed E-state index contributed by atoms with van der Waals surface area (Å²) < 4.78 is 32.4. The van der Waals surface area contributed by atoms with Gasteiger partial charge in [-0.25, -0.2) is 13.4 Å². The molecule has 156 valence electrons. The topological polar surface area (TPSA) is 63.4 Å². The van der Waals surface area contributed by atoms with Crippen molar-refractivity contribution < 1.29 is 12.8 Å². The van der Waals surface area contributed by atoms with Crippen LogP contribution in [0.5, 0.6) is 0 Å². The predicted molar refractivity (Wildman–Crippen MR) is 114 cm³/mol. The van der Waals surface area contributed by atoms with Crippen LogP contribution in [0.25, 0.3) is 0 Å². The number of rotatable bonds is 7. The second-order valence-electron chi connectivity index (χ2n) is 7.95. The minimum absolute atomic E-state index is 0. The first-order valence-electron chi connectivity index (χ1n) is 9.83. The molecule has 1 aliphatic rings. The summed E-state index contributed by atoms with van der Waals surface area (Å²) in [6.45, 7) is 7.67. The average Bonchev–Trinajstić information content (AvgIpc) is 3.09. The molecular weight excluding hydrogens is 396 g/mol. The molecule has 0 N–H and O–H groups in total. The number of nitrogens with zero attached hydrogens (tertiary/aromatic N) is 2. The molecule has 1 fully saturated rings. The fourth-order valence-electron chi connectivity index (χ4n) is 3.81. The van der Waals surface area contributed by atoms with Gasteiger partial charge in [-0.05, 0) is 57.2 Å². The normalized spacial score (nSPS) is 19.4. The second-order valence-corrected chi connectivity index (χ2v) is 10.1. The third-order valence-corrected chi connectivity index (χ3v) is 7.45. The van der Waals surface area contributed by atoms with E-state index < -0.39 is 15.2 Å². The van der Waals surface area contributed by atoms with Crippen LogP contribution in [0.3, 0.4) is 0 Å². The summed E-state index contributed by atoms with van der Waals surface area (Å²) in [5.74, 6) is 1.35. The maximum Gasteiger partial charge on any atom is 0.198 e. The Labute approximate surface area is 174 Å². The molecule has 0 spiro atoms. The van der Waals surface area contributed by atoms with Gasteiger partial charge in [-0.1, -0.05) is 32.0 Å². The lowest BCUT2D eigenvalue weighted by Crippen LogP contribution is -2.46. The van der Waals surface area contributed by atoms with Gasteiger partial charge < -0.3 is 4.42 Å². The minimum Gasteiger partial charge on any atom is -0.448 e. The Hall–Kier alpha value is -1.37. The van der Waals surface area contributed by atoms with Crippen molar-refractivity contribution in [1.29, 1.82) is 0 Å². The Balaban J connectivity index is 0.00000280. The molecular formula is C21H31ClN2O3S. The number of sulfone groups is 1. The Morgan fingerprint density at radius 1 is 1.21 bits per heavy atom. The van der Waals surface area contributed by atoms with Crippen molar-refractivity contribution in [1.82, 2.24) is 9.88 Å². The summed E-state index contributed by atoms with van der Waals surface area (Å²) in [7, 11) is -3.42. The van der Waals surface area contributed by atoms with Crippen LogP contribution in [0.15, 0.2) is 45.9 Å². The van der Waals surface area contributed by atoms with E-state index in [0.717, 1.165) is 37.4 Å². The summed E-state index contributed by atoms with van der Waals surface area (Å²) in [6.07, 6.45) is 5.14. The molecule has 0 amide bonds. The second kappa shape index (κ2) is 9.90. The van der Waals surface area contributed by atoms with E-state index in [-0.39, 0.29) is 18.3 Å². The molecule has 2 unspecified atom stereocenters. The SMILES string of the molecule is Cc1coc(C2CCCN(C(CCC(C)C)S(=O)(=O)c3ccccc3)C2)n1.Cl. The molecule has 1 aromatic carbocycles. The highest BCUT2D eigenvalue weighted by molar-refractivity contribution is 7.92. The molecule has 1 aliphatic heterocycles. The lowest BCUT2D eigenvalue weighted by Gasteiger charge is -2.37. The maximum atomic E-state index is 13.4. The lowest BCUT2D eigenvalue weighted by atomic mass is 9.97. The van der Waals surface area contributed by atoms with Gasteiger partial charge in [-0.3, -0.25) is 4.90 Å². The van der Waals surface area contributed by atoms with Crippen molar-refractivity contribution in [3.8, 4) is 0 Å². The van der Waals surface area contributed by atoms with Gasteiger partial charge in [0.15, 0.2) is 15.7 Å². The molecule has 2 atom stereocenters. The van der Waals surface area contributed by atoms with E-state index in [1.165, 1.54) is 0 Å². The summed E-state index contributed by atoms with van der Waals surface area (Å²) in [4.78, 5) is 7.03. The van der Waals surface area contributed by atoms with E-state index in [4.69, 9.17) is 4.42 Å². The van der Waals surface area contributed by atoms with E-state index in [1.807, 2.05) is 13.0 Å². The summed E-state index contributed by atoms with van der Waals surface area (Å²) in [6, 6.07) is 8.85. The minimum atomic E-state index is -3.42. The van der Waals surface area contributed by atoms with Crippen molar-refractivity contribution in [2.45, 2.75) is 62.6 Å². The molecule has 3 rings (SSSR count). The maximum absolute atomic E-state index is 13.4. The third kappa shape index (κ3) is 5.37. The van der Waals surface area contributed by atoms with E-state index in [9.17, 15) is 8.42 Å². The first-order valence-corrected chi connectivity index (χ1v) is 11.4. The van der Waals surface area contributed by atoms with Crippen LogP contribution in [-0.2, 0) is 9.84 Å². The molecule has 0 aliphatic carbocycles. The molecule has 0 bridgehead atoms. The Bertz CT molecular complexity index is 836. The summed E-state index contributed by atoms with van der Waals surface area (Å²) in [5.41, 5.74) is 0.871. The van der Waals surface area contributed by atoms with Crippen LogP contribution in [-0.4, -0.2) is 36.8 Å². The smallest absolute Gasteiger partial charge is 0.198 e. The standard InChI is InChI=1S/C21H30N2O3S.ClH/c1-16(2)11-12-20(27(24,25)19-9-5-4-6-10-19)23-13-7-8-18(14-23)21-22-17(3)15-26-21;/h4-6,9-10,15-16,18,20H,7-8,11-14H2,1-3H3;1H. The zero-order valence-electron chi connectivity index (χ0n) is 16.9. The Morgan fingerprint density at radius 2 is 1.93 bits per heavy atom. The summed E-state index contributed by atoms with van der Waals surface area (Å²) >= 11 is 0. The van der Waals surface area contributed by atoms with Crippen LogP contribution in [0.4, 0.5) is 0 Å². The zero-order chi connectivity index (χ0) is 19.4. The first kappa shape index (κ1) is 22.9.